The fourth-order valence-corrected chi connectivity index (χ4v) is 3.08. The number of thiazole rings is 1. The number of benzene rings is 1. The van der Waals surface area contributed by atoms with Gasteiger partial charge >= 0.3 is 6.61 Å². The van der Waals surface area contributed by atoms with Crippen LogP contribution in [0.5, 0.6) is 5.75 Å². The SMILES string of the molecule is Cc1sc(NC(=O)c2cc[n+]([O-])cc2)nc1-c1ccc(OC(F)F)cc1. The number of rotatable bonds is 5. The Morgan fingerprint density at radius 1 is 1.23 bits per heavy atom. The van der Waals surface area contributed by atoms with Crippen molar-refractivity contribution in [1.29, 1.82) is 0 Å². The van der Waals surface area contributed by atoms with Crippen molar-refractivity contribution >= 4 is 22.4 Å². The standard InChI is InChI=1S/C17H13F2N3O3S/c1-10-14(11-2-4-13(5-3-11)25-16(18)19)20-17(26-10)21-15(23)12-6-8-22(24)9-7-12/h2-9,16H,1H3,(H,20,21,23). The van der Waals surface area contributed by atoms with Crippen molar-refractivity contribution in [1.82, 2.24) is 4.98 Å². The van der Waals surface area contributed by atoms with Crippen molar-refractivity contribution < 1.29 is 23.0 Å². The first-order valence-electron chi connectivity index (χ1n) is 7.45. The van der Waals surface area contributed by atoms with Crippen LogP contribution in [0.25, 0.3) is 11.3 Å². The first kappa shape index (κ1) is 17.7. The summed E-state index contributed by atoms with van der Waals surface area (Å²) in [7, 11) is 0. The van der Waals surface area contributed by atoms with Crippen LogP contribution in [0.4, 0.5) is 13.9 Å². The molecule has 3 aromatic rings. The molecule has 134 valence electrons. The lowest BCUT2D eigenvalue weighted by Gasteiger charge is -2.05. The average Bonchev–Trinajstić information content (AvgIpc) is 2.96. The summed E-state index contributed by atoms with van der Waals surface area (Å²) in [6.45, 7) is -1.03. The third-order valence-corrected chi connectivity index (χ3v) is 4.32. The smallest absolute Gasteiger partial charge is 0.387 e. The summed E-state index contributed by atoms with van der Waals surface area (Å²) in [6, 6.07) is 8.92. The summed E-state index contributed by atoms with van der Waals surface area (Å²) in [5.74, 6) is -0.323. The summed E-state index contributed by atoms with van der Waals surface area (Å²) in [5.41, 5.74) is 1.69. The Bertz CT molecular complexity index is 912. The quantitative estimate of drug-likeness (QED) is 0.544. The van der Waals surface area contributed by atoms with E-state index in [4.69, 9.17) is 0 Å². The van der Waals surface area contributed by atoms with E-state index in [1.165, 1.54) is 48.0 Å². The summed E-state index contributed by atoms with van der Waals surface area (Å²) < 4.78 is 29.3. The Morgan fingerprint density at radius 2 is 1.88 bits per heavy atom. The number of amides is 1. The number of anilines is 1. The lowest BCUT2D eigenvalue weighted by Crippen LogP contribution is -2.25. The van der Waals surface area contributed by atoms with E-state index in [1.54, 1.807) is 12.1 Å². The highest BCUT2D eigenvalue weighted by atomic mass is 32.1. The number of halogens is 2. The maximum absolute atomic E-state index is 12.2. The minimum atomic E-state index is -2.88. The van der Waals surface area contributed by atoms with Gasteiger partial charge in [0.05, 0.1) is 11.3 Å². The van der Waals surface area contributed by atoms with Gasteiger partial charge < -0.3 is 9.94 Å². The van der Waals surface area contributed by atoms with E-state index < -0.39 is 6.61 Å². The topological polar surface area (TPSA) is 78.2 Å². The van der Waals surface area contributed by atoms with Gasteiger partial charge in [-0.05, 0) is 31.2 Å². The molecule has 26 heavy (non-hydrogen) atoms. The number of carbonyl (C=O) groups excluding carboxylic acids is 1. The first-order chi connectivity index (χ1) is 12.4. The van der Waals surface area contributed by atoms with E-state index in [-0.39, 0.29) is 11.7 Å². The Balaban J connectivity index is 1.76. The monoisotopic (exact) mass is 377 g/mol. The normalized spacial score (nSPS) is 10.8. The van der Waals surface area contributed by atoms with Gasteiger partial charge in [-0.3, -0.25) is 10.1 Å². The molecule has 1 N–H and O–H groups in total. The predicted molar refractivity (Wildman–Crippen MR) is 92.3 cm³/mol. The van der Waals surface area contributed by atoms with E-state index in [1.807, 2.05) is 6.92 Å². The fourth-order valence-electron chi connectivity index (χ4n) is 2.25. The van der Waals surface area contributed by atoms with Gasteiger partial charge in [0, 0.05) is 22.6 Å². The molecule has 0 saturated heterocycles. The van der Waals surface area contributed by atoms with Gasteiger partial charge in [-0.1, -0.05) is 0 Å². The molecule has 0 radical (unpaired) electrons. The van der Waals surface area contributed by atoms with Crippen molar-refractivity contribution in [2.45, 2.75) is 13.5 Å². The number of nitrogens with one attached hydrogen (secondary N) is 1. The summed E-state index contributed by atoms with van der Waals surface area (Å²) >= 11 is 1.29. The molecule has 0 aliphatic heterocycles. The number of pyridine rings is 1. The molecule has 0 unspecified atom stereocenters. The van der Waals surface area contributed by atoms with Gasteiger partial charge in [-0.2, -0.15) is 13.5 Å². The van der Waals surface area contributed by atoms with Crippen LogP contribution in [-0.2, 0) is 0 Å². The van der Waals surface area contributed by atoms with E-state index in [0.717, 1.165) is 4.88 Å². The number of hydrogen-bond donors (Lipinski definition) is 1. The van der Waals surface area contributed by atoms with Gasteiger partial charge in [0.25, 0.3) is 5.91 Å². The van der Waals surface area contributed by atoms with Crippen molar-refractivity contribution in [3.05, 3.63) is 64.4 Å². The Hall–Kier alpha value is -3.07. The molecule has 0 atom stereocenters. The van der Waals surface area contributed by atoms with Crippen LogP contribution in [0.1, 0.15) is 15.2 Å². The first-order valence-corrected chi connectivity index (χ1v) is 8.27. The van der Waals surface area contributed by atoms with E-state index in [9.17, 15) is 18.8 Å². The number of aryl methyl sites for hydroxylation is 1. The molecule has 2 heterocycles. The summed E-state index contributed by atoms with van der Waals surface area (Å²) in [6.07, 6.45) is 2.47. The van der Waals surface area contributed by atoms with Gasteiger partial charge in [-0.25, -0.2) is 4.98 Å². The van der Waals surface area contributed by atoms with Crippen LogP contribution in [0.15, 0.2) is 48.8 Å². The lowest BCUT2D eigenvalue weighted by atomic mass is 10.1. The minimum absolute atomic E-state index is 0.0600. The number of nitrogens with zero attached hydrogens (tertiary/aromatic N) is 2. The Labute approximate surface area is 151 Å². The van der Waals surface area contributed by atoms with E-state index >= 15 is 0 Å². The molecule has 9 heteroatoms. The highest BCUT2D eigenvalue weighted by Gasteiger charge is 2.14. The van der Waals surface area contributed by atoms with Crippen LogP contribution in [-0.4, -0.2) is 17.5 Å². The second kappa shape index (κ2) is 7.44. The van der Waals surface area contributed by atoms with Crippen molar-refractivity contribution in [3.8, 4) is 17.0 Å². The number of carbonyl (C=O) groups is 1. The molecule has 0 aliphatic rings. The summed E-state index contributed by atoms with van der Waals surface area (Å²) in [4.78, 5) is 17.4. The zero-order chi connectivity index (χ0) is 18.7. The van der Waals surface area contributed by atoms with Crippen molar-refractivity contribution in [2.24, 2.45) is 0 Å². The minimum Gasteiger partial charge on any atom is -0.619 e. The predicted octanol–water partition coefficient (Wildman–Crippen LogP) is 3.61. The zero-order valence-corrected chi connectivity index (χ0v) is 14.3. The third kappa shape index (κ3) is 4.12. The van der Waals surface area contributed by atoms with Gasteiger partial charge in [0.15, 0.2) is 17.5 Å². The maximum atomic E-state index is 12.2. The van der Waals surface area contributed by atoms with E-state index in [0.29, 0.717) is 26.7 Å². The molecule has 3 rings (SSSR count). The molecule has 0 spiro atoms. The largest absolute Gasteiger partial charge is 0.619 e. The fraction of sp³-hybridized carbons (Fsp3) is 0.118. The molecule has 0 saturated carbocycles. The zero-order valence-electron chi connectivity index (χ0n) is 13.5. The average molecular weight is 377 g/mol. The van der Waals surface area contributed by atoms with Crippen LogP contribution < -0.4 is 14.8 Å². The van der Waals surface area contributed by atoms with Crippen LogP contribution in [0, 0.1) is 12.1 Å². The number of aromatic nitrogens is 2. The Morgan fingerprint density at radius 3 is 2.50 bits per heavy atom. The number of hydrogen-bond acceptors (Lipinski definition) is 5. The van der Waals surface area contributed by atoms with Crippen LogP contribution >= 0.6 is 11.3 Å². The molecule has 6 nitrogen and oxygen atoms in total. The van der Waals surface area contributed by atoms with Crippen molar-refractivity contribution in [2.75, 3.05) is 5.32 Å². The molecule has 0 aliphatic carbocycles. The summed E-state index contributed by atoms with van der Waals surface area (Å²) in [5, 5.41) is 14.1. The van der Waals surface area contributed by atoms with E-state index in [2.05, 4.69) is 15.0 Å². The lowest BCUT2D eigenvalue weighted by molar-refractivity contribution is -0.605. The highest BCUT2D eigenvalue weighted by Crippen LogP contribution is 2.31. The molecular formula is C17H13F2N3O3S. The second-order valence-electron chi connectivity index (χ2n) is 5.23. The molecule has 2 aromatic heterocycles. The highest BCUT2D eigenvalue weighted by molar-refractivity contribution is 7.16. The molecule has 1 amide bonds. The molecule has 0 bridgehead atoms. The van der Waals surface area contributed by atoms with Gasteiger partial charge in [-0.15, -0.1) is 11.3 Å². The van der Waals surface area contributed by atoms with Crippen molar-refractivity contribution in [3.63, 3.8) is 0 Å². The second-order valence-corrected chi connectivity index (χ2v) is 6.43. The Kier molecular flexibility index (Phi) is 5.08. The maximum Gasteiger partial charge on any atom is 0.387 e. The number of alkyl halides is 2. The molecular weight excluding hydrogens is 364 g/mol. The molecule has 0 fully saturated rings. The van der Waals surface area contributed by atoms with Gasteiger partial charge in [0.2, 0.25) is 0 Å². The van der Waals surface area contributed by atoms with Crippen LogP contribution in [0.2, 0.25) is 0 Å². The van der Waals surface area contributed by atoms with Gasteiger partial charge in [0.1, 0.15) is 5.75 Å². The third-order valence-electron chi connectivity index (χ3n) is 3.43. The molecule has 1 aromatic carbocycles. The van der Waals surface area contributed by atoms with Crippen LogP contribution in [0.3, 0.4) is 0 Å². The number of ether oxygens (including phenoxy) is 1.